The summed E-state index contributed by atoms with van der Waals surface area (Å²) in [7, 11) is 2.05. The van der Waals surface area contributed by atoms with E-state index in [0.29, 0.717) is 0 Å². The largest absolute Gasteiger partial charge is 0.481 e. The second kappa shape index (κ2) is 8.05. The molecule has 0 spiro atoms. The molecule has 0 aliphatic carbocycles. The summed E-state index contributed by atoms with van der Waals surface area (Å²) in [5, 5.41) is 8.42. The maximum atomic E-state index is 10.2. The Kier molecular flexibility index (Phi) is 7.69. The Morgan fingerprint density at radius 3 is 2.38 bits per heavy atom. The van der Waals surface area contributed by atoms with Crippen LogP contribution in [0, 0.1) is 0 Å². The zero-order chi connectivity index (χ0) is 10.1. The van der Waals surface area contributed by atoms with Gasteiger partial charge in [-0.15, -0.1) is 0 Å². The van der Waals surface area contributed by atoms with Crippen molar-refractivity contribution in [2.45, 2.75) is 39.0 Å². The van der Waals surface area contributed by atoms with Crippen LogP contribution in [0.25, 0.3) is 0 Å². The Labute approximate surface area is 80.7 Å². The third-order valence-corrected chi connectivity index (χ3v) is 2.07. The lowest BCUT2D eigenvalue weighted by Gasteiger charge is -2.15. The Balaban J connectivity index is 3.19. The van der Waals surface area contributed by atoms with Crippen LogP contribution in [0.1, 0.15) is 39.0 Å². The van der Waals surface area contributed by atoms with Gasteiger partial charge < -0.3 is 10.0 Å². The predicted molar refractivity (Wildman–Crippen MR) is 53.9 cm³/mol. The summed E-state index contributed by atoms with van der Waals surface area (Å²) in [5.74, 6) is -0.693. The minimum absolute atomic E-state index is 0.290. The quantitative estimate of drug-likeness (QED) is 0.591. The van der Waals surface area contributed by atoms with Crippen LogP contribution in [-0.2, 0) is 4.79 Å². The minimum Gasteiger partial charge on any atom is -0.481 e. The molecule has 0 heterocycles. The van der Waals surface area contributed by atoms with Crippen molar-refractivity contribution >= 4 is 5.97 Å². The highest BCUT2D eigenvalue weighted by Gasteiger charge is 2.00. The van der Waals surface area contributed by atoms with Crippen molar-refractivity contribution in [1.82, 2.24) is 4.90 Å². The van der Waals surface area contributed by atoms with Gasteiger partial charge in [0.15, 0.2) is 0 Å². The van der Waals surface area contributed by atoms with Crippen LogP contribution in [-0.4, -0.2) is 36.1 Å². The lowest BCUT2D eigenvalue weighted by Crippen LogP contribution is -2.21. The summed E-state index contributed by atoms with van der Waals surface area (Å²) >= 11 is 0. The number of rotatable bonds is 8. The van der Waals surface area contributed by atoms with Gasteiger partial charge in [-0.25, -0.2) is 0 Å². The summed E-state index contributed by atoms with van der Waals surface area (Å²) in [6.07, 6.45) is 4.78. The topological polar surface area (TPSA) is 40.5 Å². The number of hydrogen-bond donors (Lipinski definition) is 1. The van der Waals surface area contributed by atoms with E-state index >= 15 is 0 Å². The smallest absolute Gasteiger partial charge is 0.303 e. The van der Waals surface area contributed by atoms with Crippen molar-refractivity contribution in [1.29, 1.82) is 0 Å². The van der Waals surface area contributed by atoms with Crippen LogP contribution >= 0.6 is 0 Å². The van der Waals surface area contributed by atoms with E-state index in [0.717, 1.165) is 19.5 Å². The van der Waals surface area contributed by atoms with Gasteiger partial charge >= 0.3 is 5.97 Å². The van der Waals surface area contributed by atoms with E-state index in [1.54, 1.807) is 0 Å². The van der Waals surface area contributed by atoms with Gasteiger partial charge in [-0.05, 0) is 33.0 Å². The van der Waals surface area contributed by atoms with Crippen LogP contribution in [0.15, 0.2) is 0 Å². The molecule has 0 unspecified atom stereocenters. The second-order valence-corrected chi connectivity index (χ2v) is 3.51. The second-order valence-electron chi connectivity index (χ2n) is 3.51. The molecule has 0 aromatic heterocycles. The van der Waals surface area contributed by atoms with Gasteiger partial charge in [0.2, 0.25) is 0 Å². The first-order valence-corrected chi connectivity index (χ1v) is 5.07. The number of hydrogen-bond acceptors (Lipinski definition) is 2. The summed E-state index contributed by atoms with van der Waals surface area (Å²) < 4.78 is 0. The molecule has 0 radical (unpaired) electrons. The van der Waals surface area contributed by atoms with Crippen molar-refractivity contribution in [2.24, 2.45) is 0 Å². The van der Waals surface area contributed by atoms with E-state index in [1.807, 2.05) is 0 Å². The van der Waals surface area contributed by atoms with Crippen LogP contribution in [0.3, 0.4) is 0 Å². The highest BCUT2D eigenvalue weighted by Crippen LogP contribution is 1.98. The van der Waals surface area contributed by atoms with Gasteiger partial charge in [0.25, 0.3) is 0 Å². The van der Waals surface area contributed by atoms with Gasteiger partial charge in [0.1, 0.15) is 0 Å². The first kappa shape index (κ1) is 12.4. The predicted octanol–water partition coefficient (Wildman–Crippen LogP) is 1.97. The van der Waals surface area contributed by atoms with Crippen LogP contribution < -0.4 is 0 Å². The van der Waals surface area contributed by atoms with E-state index in [2.05, 4.69) is 18.9 Å². The maximum absolute atomic E-state index is 10.2. The lowest BCUT2D eigenvalue weighted by atomic mass is 10.2. The first-order chi connectivity index (χ1) is 6.16. The Bertz CT molecular complexity index is 137. The molecule has 13 heavy (non-hydrogen) atoms. The zero-order valence-electron chi connectivity index (χ0n) is 8.75. The Morgan fingerprint density at radius 1 is 1.23 bits per heavy atom. The number of carbonyl (C=O) groups is 1. The number of carboxylic acids is 1. The van der Waals surface area contributed by atoms with Crippen molar-refractivity contribution < 1.29 is 9.90 Å². The van der Waals surface area contributed by atoms with Gasteiger partial charge in [-0.2, -0.15) is 0 Å². The molecule has 0 aliphatic heterocycles. The number of unbranched alkanes of at least 4 members (excludes halogenated alkanes) is 2. The monoisotopic (exact) mass is 187 g/mol. The van der Waals surface area contributed by atoms with Crippen molar-refractivity contribution in [3.8, 4) is 0 Å². The molecule has 0 amide bonds. The van der Waals surface area contributed by atoms with Crippen LogP contribution in [0.2, 0.25) is 0 Å². The van der Waals surface area contributed by atoms with Gasteiger partial charge in [-0.3, -0.25) is 4.79 Å². The molecule has 0 atom stereocenters. The fourth-order valence-corrected chi connectivity index (χ4v) is 1.24. The maximum Gasteiger partial charge on any atom is 0.303 e. The molecule has 3 nitrogen and oxygen atoms in total. The average molecular weight is 187 g/mol. The van der Waals surface area contributed by atoms with Crippen LogP contribution in [0.5, 0.6) is 0 Å². The first-order valence-electron chi connectivity index (χ1n) is 5.07. The van der Waals surface area contributed by atoms with E-state index in [4.69, 9.17) is 5.11 Å². The van der Waals surface area contributed by atoms with Gasteiger partial charge in [0, 0.05) is 6.42 Å². The highest BCUT2D eigenvalue weighted by molar-refractivity contribution is 5.66. The SMILES string of the molecule is CCCCCN(C)CCCC(=O)O. The molecule has 78 valence electrons. The van der Waals surface area contributed by atoms with Crippen molar-refractivity contribution in [3.05, 3.63) is 0 Å². The van der Waals surface area contributed by atoms with E-state index in [9.17, 15) is 4.79 Å². The molecule has 0 bridgehead atoms. The molecular formula is C10H21NO2. The van der Waals surface area contributed by atoms with Crippen molar-refractivity contribution in [3.63, 3.8) is 0 Å². The third kappa shape index (κ3) is 9.34. The normalized spacial score (nSPS) is 10.7. The summed E-state index contributed by atoms with van der Waals surface area (Å²) in [6.45, 7) is 4.17. The fourth-order valence-electron chi connectivity index (χ4n) is 1.24. The van der Waals surface area contributed by atoms with E-state index in [-0.39, 0.29) is 6.42 Å². The number of aliphatic carboxylic acids is 1. The Morgan fingerprint density at radius 2 is 1.85 bits per heavy atom. The number of carboxylic acid groups (broad SMARTS) is 1. The molecular weight excluding hydrogens is 166 g/mol. The van der Waals surface area contributed by atoms with Crippen LogP contribution in [0.4, 0.5) is 0 Å². The molecule has 0 rings (SSSR count). The molecule has 0 saturated carbocycles. The molecule has 0 fully saturated rings. The van der Waals surface area contributed by atoms with Gasteiger partial charge in [-0.1, -0.05) is 19.8 Å². The highest BCUT2D eigenvalue weighted by atomic mass is 16.4. The molecule has 1 N–H and O–H groups in total. The Hall–Kier alpha value is -0.570. The van der Waals surface area contributed by atoms with E-state index in [1.165, 1.54) is 19.3 Å². The third-order valence-electron chi connectivity index (χ3n) is 2.07. The molecule has 3 heteroatoms. The van der Waals surface area contributed by atoms with Gasteiger partial charge in [0.05, 0.1) is 0 Å². The summed E-state index contributed by atoms with van der Waals surface area (Å²) in [4.78, 5) is 12.4. The molecule has 0 saturated heterocycles. The molecule has 0 aromatic rings. The average Bonchev–Trinajstić information content (AvgIpc) is 2.04. The fraction of sp³-hybridized carbons (Fsp3) is 0.900. The molecule has 0 aromatic carbocycles. The zero-order valence-corrected chi connectivity index (χ0v) is 8.75. The standard InChI is InChI=1S/C10H21NO2/c1-3-4-5-8-11(2)9-6-7-10(12)13/h3-9H2,1-2H3,(H,12,13). The number of nitrogens with zero attached hydrogens (tertiary/aromatic N) is 1. The van der Waals surface area contributed by atoms with Crippen molar-refractivity contribution in [2.75, 3.05) is 20.1 Å². The van der Waals surface area contributed by atoms with E-state index < -0.39 is 5.97 Å². The lowest BCUT2D eigenvalue weighted by molar-refractivity contribution is -0.137. The summed E-state index contributed by atoms with van der Waals surface area (Å²) in [5.41, 5.74) is 0. The molecule has 0 aliphatic rings. The minimum atomic E-state index is -0.693. The summed E-state index contributed by atoms with van der Waals surface area (Å²) in [6, 6.07) is 0.